The molecule has 0 fully saturated rings. The maximum absolute atomic E-state index is 12.6. The molecule has 0 heterocycles. The molecule has 0 spiro atoms. The van der Waals surface area contributed by atoms with E-state index in [2.05, 4.69) is 0 Å². The maximum atomic E-state index is 12.6. The Bertz CT molecular complexity index is 480. The van der Waals surface area contributed by atoms with Gasteiger partial charge in [0.05, 0.1) is 6.61 Å². The Hall–Kier alpha value is -1.48. The highest BCUT2D eigenvalue weighted by Crippen LogP contribution is 2.28. The highest BCUT2D eigenvalue weighted by Gasteiger charge is 2.10. The van der Waals surface area contributed by atoms with Crippen LogP contribution < -0.4 is 0 Å². The van der Waals surface area contributed by atoms with Crippen LogP contribution in [0.3, 0.4) is 0 Å². The predicted octanol–water partition coefficient (Wildman–Crippen LogP) is 3.27. The quantitative estimate of drug-likeness (QED) is 0.803. The van der Waals surface area contributed by atoms with E-state index in [1.165, 1.54) is 6.07 Å². The lowest BCUT2D eigenvalue weighted by molar-refractivity contribution is 0.153. The molecular weight excluding hydrogens is 198 g/mol. The average molecular weight is 208 g/mol. The smallest absolute Gasteiger partial charge is 0.264 e. The van der Waals surface area contributed by atoms with E-state index in [4.69, 9.17) is 5.11 Å². The molecule has 15 heavy (non-hydrogen) atoms. The van der Waals surface area contributed by atoms with E-state index < -0.39 is 6.43 Å². The third kappa shape index (κ3) is 1.83. The molecule has 0 saturated heterocycles. The Labute approximate surface area is 86.0 Å². The zero-order chi connectivity index (χ0) is 10.8. The molecule has 3 heteroatoms. The van der Waals surface area contributed by atoms with Crippen molar-refractivity contribution in [2.75, 3.05) is 0 Å². The topological polar surface area (TPSA) is 20.2 Å². The van der Waals surface area contributed by atoms with E-state index in [9.17, 15) is 8.78 Å². The number of rotatable bonds is 2. The Morgan fingerprint density at radius 2 is 1.93 bits per heavy atom. The highest BCUT2D eigenvalue weighted by atomic mass is 19.3. The molecule has 2 rings (SSSR count). The molecule has 2 aromatic carbocycles. The SMILES string of the molecule is OCc1ccc2c(C(F)F)cccc2c1. The summed E-state index contributed by atoms with van der Waals surface area (Å²) in [5.74, 6) is 0. The number of hydrogen-bond acceptors (Lipinski definition) is 1. The van der Waals surface area contributed by atoms with Crippen molar-refractivity contribution in [2.45, 2.75) is 13.0 Å². The van der Waals surface area contributed by atoms with Crippen LogP contribution in [-0.4, -0.2) is 5.11 Å². The molecule has 0 aromatic heterocycles. The van der Waals surface area contributed by atoms with E-state index in [-0.39, 0.29) is 12.2 Å². The van der Waals surface area contributed by atoms with Crippen LogP contribution in [0, 0.1) is 0 Å². The van der Waals surface area contributed by atoms with Crippen LogP contribution in [0.25, 0.3) is 10.8 Å². The third-order valence-electron chi connectivity index (χ3n) is 2.40. The minimum Gasteiger partial charge on any atom is -0.392 e. The number of hydrogen-bond donors (Lipinski definition) is 1. The first kappa shape index (κ1) is 10.1. The minimum atomic E-state index is -2.46. The number of fused-ring (bicyclic) bond motifs is 1. The molecule has 0 unspecified atom stereocenters. The summed E-state index contributed by atoms with van der Waals surface area (Å²) in [7, 11) is 0. The van der Waals surface area contributed by atoms with Gasteiger partial charge in [-0.3, -0.25) is 0 Å². The summed E-state index contributed by atoms with van der Waals surface area (Å²) in [5.41, 5.74) is 0.769. The van der Waals surface area contributed by atoms with E-state index >= 15 is 0 Å². The molecule has 1 N–H and O–H groups in total. The zero-order valence-corrected chi connectivity index (χ0v) is 7.95. The standard InChI is InChI=1S/C12H10F2O/c13-12(14)11-3-1-2-9-6-8(7-15)4-5-10(9)11/h1-6,12,15H,7H2. The van der Waals surface area contributed by atoms with Gasteiger partial charge in [-0.25, -0.2) is 8.78 Å². The fourth-order valence-electron chi connectivity index (χ4n) is 1.65. The molecule has 0 bridgehead atoms. The molecule has 78 valence electrons. The lowest BCUT2D eigenvalue weighted by atomic mass is 10.0. The van der Waals surface area contributed by atoms with E-state index in [1.54, 1.807) is 30.3 Å². The fraction of sp³-hybridized carbons (Fsp3) is 0.167. The summed E-state index contributed by atoms with van der Waals surface area (Å²) >= 11 is 0. The third-order valence-corrected chi connectivity index (χ3v) is 2.40. The van der Waals surface area contributed by atoms with Crippen LogP contribution in [0.1, 0.15) is 17.6 Å². The Morgan fingerprint density at radius 1 is 1.13 bits per heavy atom. The van der Waals surface area contributed by atoms with Crippen molar-refractivity contribution in [2.24, 2.45) is 0 Å². The van der Waals surface area contributed by atoms with Gasteiger partial charge in [-0.2, -0.15) is 0 Å². The van der Waals surface area contributed by atoms with Gasteiger partial charge >= 0.3 is 0 Å². The Balaban J connectivity index is 2.67. The van der Waals surface area contributed by atoms with Gasteiger partial charge in [-0.05, 0) is 22.4 Å². The van der Waals surface area contributed by atoms with Crippen LogP contribution >= 0.6 is 0 Å². The second kappa shape index (κ2) is 3.95. The first-order valence-corrected chi connectivity index (χ1v) is 4.63. The van der Waals surface area contributed by atoms with Crippen molar-refractivity contribution in [1.29, 1.82) is 0 Å². The summed E-state index contributed by atoms with van der Waals surface area (Å²) in [4.78, 5) is 0. The normalized spacial score (nSPS) is 11.2. The monoisotopic (exact) mass is 208 g/mol. The number of halogens is 2. The number of aliphatic hydroxyl groups is 1. The minimum absolute atomic E-state index is 0.0389. The Morgan fingerprint density at radius 3 is 2.60 bits per heavy atom. The molecule has 0 amide bonds. The number of benzene rings is 2. The van der Waals surface area contributed by atoms with Gasteiger partial charge in [0.15, 0.2) is 0 Å². The zero-order valence-electron chi connectivity index (χ0n) is 7.95. The summed E-state index contributed by atoms with van der Waals surface area (Å²) in [5, 5.41) is 10.2. The molecule has 0 aliphatic heterocycles. The molecule has 0 saturated carbocycles. The fourth-order valence-corrected chi connectivity index (χ4v) is 1.65. The second-order valence-electron chi connectivity index (χ2n) is 3.36. The van der Waals surface area contributed by atoms with Gasteiger partial charge in [-0.15, -0.1) is 0 Å². The largest absolute Gasteiger partial charge is 0.392 e. The molecule has 0 radical (unpaired) electrons. The van der Waals surface area contributed by atoms with Crippen LogP contribution in [0.15, 0.2) is 36.4 Å². The highest BCUT2D eigenvalue weighted by molar-refractivity contribution is 5.86. The van der Waals surface area contributed by atoms with Crippen molar-refractivity contribution in [1.82, 2.24) is 0 Å². The molecular formula is C12H10F2O. The summed E-state index contributed by atoms with van der Waals surface area (Å²) in [6.45, 7) is -0.0746. The van der Waals surface area contributed by atoms with Gasteiger partial charge in [-0.1, -0.05) is 30.3 Å². The van der Waals surface area contributed by atoms with E-state index in [1.807, 2.05) is 0 Å². The second-order valence-corrected chi connectivity index (χ2v) is 3.36. The van der Waals surface area contributed by atoms with Crippen molar-refractivity contribution in [3.8, 4) is 0 Å². The summed E-state index contributed by atoms with van der Waals surface area (Å²) < 4.78 is 25.3. The van der Waals surface area contributed by atoms with Gasteiger partial charge in [0, 0.05) is 5.56 Å². The van der Waals surface area contributed by atoms with Crippen LogP contribution in [-0.2, 0) is 6.61 Å². The van der Waals surface area contributed by atoms with Crippen molar-refractivity contribution in [3.05, 3.63) is 47.5 Å². The number of alkyl halides is 2. The lowest BCUT2D eigenvalue weighted by Gasteiger charge is -2.06. The van der Waals surface area contributed by atoms with Crippen molar-refractivity contribution in [3.63, 3.8) is 0 Å². The summed E-state index contributed by atoms with van der Waals surface area (Å²) in [6, 6.07) is 9.80. The Kier molecular flexibility index (Phi) is 2.64. The van der Waals surface area contributed by atoms with Gasteiger partial charge in [0.2, 0.25) is 0 Å². The molecule has 0 aliphatic rings. The lowest BCUT2D eigenvalue weighted by Crippen LogP contribution is -1.88. The molecule has 0 atom stereocenters. The van der Waals surface area contributed by atoms with Crippen molar-refractivity contribution < 1.29 is 13.9 Å². The van der Waals surface area contributed by atoms with Crippen molar-refractivity contribution >= 4 is 10.8 Å². The van der Waals surface area contributed by atoms with Crippen LogP contribution in [0.4, 0.5) is 8.78 Å². The van der Waals surface area contributed by atoms with E-state index in [0.29, 0.717) is 5.39 Å². The average Bonchev–Trinajstić information content (AvgIpc) is 2.27. The number of aliphatic hydroxyl groups excluding tert-OH is 1. The first-order chi connectivity index (χ1) is 7.22. The molecule has 0 aliphatic carbocycles. The maximum Gasteiger partial charge on any atom is 0.264 e. The van der Waals surface area contributed by atoms with E-state index in [0.717, 1.165) is 10.9 Å². The molecule has 2 aromatic rings. The molecule has 1 nitrogen and oxygen atoms in total. The summed E-state index contributed by atoms with van der Waals surface area (Å²) in [6.07, 6.45) is -2.46. The van der Waals surface area contributed by atoms with Gasteiger partial charge in [0.1, 0.15) is 0 Å². The predicted molar refractivity (Wildman–Crippen MR) is 54.8 cm³/mol. The van der Waals surface area contributed by atoms with Crippen LogP contribution in [0.5, 0.6) is 0 Å². The van der Waals surface area contributed by atoms with Crippen LogP contribution in [0.2, 0.25) is 0 Å². The van der Waals surface area contributed by atoms with Gasteiger partial charge in [0.25, 0.3) is 6.43 Å². The van der Waals surface area contributed by atoms with Gasteiger partial charge < -0.3 is 5.11 Å². The first-order valence-electron chi connectivity index (χ1n) is 4.63.